The molecule has 0 aliphatic carbocycles. The Labute approximate surface area is 116 Å². The molecule has 0 aliphatic heterocycles. The van der Waals surface area contributed by atoms with Gasteiger partial charge in [-0.2, -0.15) is 0 Å². The van der Waals surface area contributed by atoms with E-state index in [2.05, 4.69) is 4.98 Å². The molecule has 0 fully saturated rings. The first kappa shape index (κ1) is 11.9. The van der Waals surface area contributed by atoms with Crippen LogP contribution in [0.15, 0.2) is 60.7 Å². The summed E-state index contributed by atoms with van der Waals surface area (Å²) in [5.74, 6) is 0.836. The molecule has 0 bridgehead atoms. The molecule has 1 heterocycles. The lowest BCUT2D eigenvalue weighted by molar-refractivity contribution is 0.497. The summed E-state index contributed by atoms with van der Waals surface area (Å²) in [7, 11) is 0. The maximum absolute atomic E-state index is 5.94. The molecule has 0 saturated carbocycles. The quantitative estimate of drug-likeness (QED) is 0.672. The minimum atomic E-state index is 0.836. The standard InChI is InChI=1S/C16H13NOS/c1-12-17-15(13-8-4-2-5-9-13)16(19-12)18-14-10-6-3-7-11-14/h2-11H,1H3. The molecule has 3 aromatic rings. The number of thiazole rings is 1. The first-order valence-corrected chi connectivity index (χ1v) is 6.90. The number of para-hydroxylation sites is 1. The Morgan fingerprint density at radius 2 is 1.53 bits per heavy atom. The molecule has 0 amide bonds. The van der Waals surface area contributed by atoms with Crippen LogP contribution < -0.4 is 4.74 Å². The van der Waals surface area contributed by atoms with Crippen molar-refractivity contribution < 1.29 is 4.74 Å². The average molecular weight is 267 g/mol. The normalized spacial score (nSPS) is 10.4. The highest BCUT2D eigenvalue weighted by molar-refractivity contribution is 7.13. The van der Waals surface area contributed by atoms with Crippen molar-refractivity contribution in [2.24, 2.45) is 0 Å². The predicted molar refractivity (Wildman–Crippen MR) is 78.8 cm³/mol. The van der Waals surface area contributed by atoms with Crippen molar-refractivity contribution in [2.45, 2.75) is 6.92 Å². The largest absolute Gasteiger partial charge is 0.444 e. The van der Waals surface area contributed by atoms with Gasteiger partial charge in [-0.1, -0.05) is 59.9 Å². The predicted octanol–water partition coefficient (Wildman–Crippen LogP) is 4.91. The molecule has 0 atom stereocenters. The zero-order chi connectivity index (χ0) is 13.1. The van der Waals surface area contributed by atoms with Gasteiger partial charge in [-0.25, -0.2) is 4.98 Å². The van der Waals surface area contributed by atoms with Crippen molar-refractivity contribution in [3.05, 3.63) is 65.7 Å². The SMILES string of the molecule is Cc1nc(-c2ccccc2)c(Oc2ccccc2)s1. The van der Waals surface area contributed by atoms with Gasteiger partial charge in [0, 0.05) is 5.56 Å². The zero-order valence-electron chi connectivity index (χ0n) is 10.5. The second-order valence-corrected chi connectivity index (χ2v) is 5.32. The number of aromatic nitrogens is 1. The summed E-state index contributed by atoms with van der Waals surface area (Å²) < 4.78 is 5.94. The minimum Gasteiger partial charge on any atom is -0.444 e. The second-order valence-electron chi connectivity index (χ2n) is 4.15. The van der Waals surface area contributed by atoms with E-state index in [1.54, 1.807) is 11.3 Å². The van der Waals surface area contributed by atoms with Crippen LogP contribution in [-0.2, 0) is 0 Å². The Hall–Kier alpha value is -2.13. The van der Waals surface area contributed by atoms with Gasteiger partial charge in [0.05, 0.1) is 5.01 Å². The van der Waals surface area contributed by atoms with E-state index in [9.17, 15) is 0 Å². The summed E-state index contributed by atoms with van der Waals surface area (Å²) >= 11 is 1.57. The van der Waals surface area contributed by atoms with Gasteiger partial charge in [-0.05, 0) is 19.1 Å². The monoisotopic (exact) mass is 267 g/mol. The summed E-state index contributed by atoms with van der Waals surface area (Å²) in [6.07, 6.45) is 0. The van der Waals surface area contributed by atoms with Crippen LogP contribution in [0.3, 0.4) is 0 Å². The highest BCUT2D eigenvalue weighted by atomic mass is 32.1. The Bertz CT molecular complexity index is 662. The van der Waals surface area contributed by atoms with E-state index < -0.39 is 0 Å². The van der Waals surface area contributed by atoms with E-state index in [0.717, 1.165) is 27.1 Å². The average Bonchev–Trinajstić information content (AvgIpc) is 2.82. The number of hydrogen-bond donors (Lipinski definition) is 0. The van der Waals surface area contributed by atoms with Gasteiger partial charge in [0.15, 0.2) is 0 Å². The Kier molecular flexibility index (Phi) is 3.29. The molecule has 0 N–H and O–H groups in total. The number of nitrogens with zero attached hydrogens (tertiary/aromatic N) is 1. The number of aryl methyl sites for hydroxylation is 1. The Morgan fingerprint density at radius 3 is 2.21 bits per heavy atom. The van der Waals surface area contributed by atoms with Crippen molar-refractivity contribution >= 4 is 11.3 Å². The summed E-state index contributed by atoms with van der Waals surface area (Å²) in [5.41, 5.74) is 1.99. The van der Waals surface area contributed by atoms with Crippen LogP contribution in [0, 0.1) is 6.92 Å². The fourth-order valence-electron chi connectivity index (χ4n) is 1.85. The van der Waals surface area contributed by atoms with Crippen LogP contribution in [0.25, 0.3) is 11.3 Å². The molecule has 0 radical (unpaired) electrons. The highest BCUT2D eigenvalue weighted by Gasteiger charge is 2.13. The van der Waals surface area contributed by atoms with E-state index in [0.29, 0.717) is 0 Å². The third kappa shape index (κ3) is 2.66. The smallest absolute Gasteiger partial charge is 0.208 e. The third-order valence-electron chi connectivity index (χ3n) is 2.70. The fourth-order valence-corrected chi connectivity index (χ4v) is 2.65. The first-order valence-electron chi connectivity index (χ1n) is 6.09. The van der Waals surface area contributed by atoms with Gasteiger partial charge in [0.25, 0.3) is 0 Å². The highest BCUT2D eigenvalue weighted by Crippen LogP contribution is 2.37. The third-order valence-corrected chi connectivity index (χ3v) is 3.55. The van der Waals surface area contributed by atoms with Crippen LogP contribution in [-0.4, -0.2) is 4.98 Å². The summed E-state index contributed by atoms with van der Waals surface area (Å²) in [4.78, 5) is 4.57. The number of rotatable bonds is 3. The van der Waals surface area contributed by atoms with Gasteiger partial charge in [0.1, 0.15) is 11.4 Å². The van der Waals surface area contributed by atoms with Gasteiger partial charge in [0.2, 0.25) is 5.06 Å². The second kappa shape index (κ2) is 5.24. The molecule has 3 rings (SSSR count). The van der Waals surface area contributed by atoms with Gasteiger partial charge >= 0.3 is 0 Å². The number of benzene rings is 2. The van der Waals surface area contributed by atoms with Crippen LogP contribution in [0.2, 0.25) is 0 Å². The topological polar surface area (TPSA) is 22.1 Å². The lowest BCUT2D eigenvalue weighted by atomic mass is 10.2. The molecule has 2 nitrogen and oxygen atoms in total. The molecule has 1 aromatic heterocycles. The molecule has 0 aliphatic rings. The molecular weight excluding hydrogens is 254 g/mol. The van der Waals surface area contributed by atoms with Crippen molar-refractivity contribution in [1.29, 1.82) is 0 Å². The van der Waals surface area contributed by atoms with E-state index in [4.69, 9.17) is 4.74 Å². The van der Waals surface area contributed by atoms with Crippen LogP contribution in [0.4, 0.5) is 0 Å². The first-order chi connectivity index (χ1) is 9.33. The maximum atomic E-state index is 5.94. The minimum absolute atomic E-state index is 0.836. The molecule has 94 valence electrons. The van der Waals surface area contributed by atoms with Gasteiger partial charge in [-0.15, -0.1) is 0 Å². The lowest BCUT2D eigenvalue weighted by Crippen LogP contribution is -1.84. The molecule has 19 heavy (non-hydrogen) atoms. The van der Waals surface area contributed by atoms with Crippen molar-refractivity contribution in [3.63, 3.8) is 0 Å². The van der Waals surface area contributed by atoms with Gasteiger partial charge in [-0.3, -0.25) is 0 Å². The molecule has 3 heteroatoms. The van der Waals surface area contributed by atoms with E-state index in [-0.39, 0.29) is 0 Å². The number of hydrogen-bond acceptors (Lipinski definition) is 3. The molecule has 0 unspecified atom stereocenters. The maximum Gasteiger partial charge on any atom is 0.208 e. The van der Waals surface area contributed by atoms with Crippen LogP contribution >= 0.6 is 11.3 Å². The molecular formula is C16H13NOS. The summed E-state index contributed by atoms with van der Waals surface area (Å²) in [6.45, 7) is 2.00. The fraction of sp³-hybridized carbons (Fsp3) is 0.0625. The lowest BCUT2D eigenvalue weighted by Gasteiger charge is -2.05. The van der Waals surface area contributed by atoms with Gasteiger partial charge < -0.3 is 4.74 Å². The summed E-state index contributed by atoms with van der Waals surface area (Å²) in [6, 6.07) is 19.9. The van der Waals surface area contributed by atoms with Crippen LogP contribution in [0.1, 0.15) is 5.01 Å². The molecule has 2 aromatic carbocycles. The van der Waals surface area contributed by atoms with Crippen molar-refractivity contribution in [1.82, 2.24) is 4.98 Å². The van der Waals surface area contributed by atoms with Crippen molar-refractivity contribution in [3.8, 4) is 22.1 Å². The van der Waals surface area contributed by atoms with E-state index >= 15 is 0 Å². The van der Waals surface area contributed by atoms with Crippen molar-refractivity contribution in [2.75, 3.05) is 0 Å². The number of ether oxygens (including phenoxy) is 1. The zero-order valence-corrected chi connectivity index (χ0v) is 11.4. The Morgan fingerprint density at radius 1 is 0.895 bits per heavy atom. The van der Waals surface area contributed by atoms with E-state index in [1.807, 2.05) is 67.6 Å². The molecule has 0 saturated heterocycles. The van der Waals surface area contributed by atoms with Crippen LogP contribution in [0.5, 0.6) is 10.8 Å². The van der Waals surface area contributed by atoms with E-state index in [1.165, 1.54) is 0 Å². The summed E-state index contributed by atoms with van der Waals surface area (Å²) in [5, 5.41) is 1.85. The Balaban J connectivity index is 1.99. The molecule has 0 spiro atoms.